The Balaban J connectivity index is 2.04. The summed E-state index contributed by atoms with van der Waals surface area (Å²) in [6, 6.07) is 13.8. The number of ether oxygens (including phenoxy) is 1. The summed E-state index contributed by atoms with van der Waals surface area (Å²) in [5, 5.41) is 6.47. The predicted molar refractivity (Wildman–Crippen MR) is 83.9 cm³/mol. The van der Waals surface area contributed by atoms with E-state index in [1.54, 1.807) is 0 Å². The molecule has 1 aromatic carbocycles. The third-order valence-electron chi connectivity index (χ3n) is 2.61. The average Bonchev–Trinajstić information content (AvgIpc) is 2.41. The first-order valence-corrected chi connectivity index (χ1v) is 6.92. The zero-order valence-electron chi connectivity index (χ0n) is 12.2. The van der Waals surface area contributed by atoms with Crippen molar-refractivity contribution in [3.05, 3.63) is 42.5 Å². The van der Waals surface area contributed by atoms with E-state index in [0.717, 1.165) is 29.6 Å². The molecular formula is C16H21N3O. The molecule has 4 nitrogen and oxygen atoms in total. The van der Waals surface area contributed by atoms with Crippen LogP contribution in [0.4, 0.5) is 17.3 Å². The lowest BCUT2D eigenvalue weighted by Crippen LogP contribution is -2.05. The summed E-state index contributed by atoms with van der Waals surface area (Å²) in [5.41, 5.74) is 0.988. The number of pyridine rings is 1. The molecule has 0 bridgehead atoms. The van der Waals surface area contributed by atoms with E-state index in [2.05, 4.69) is 22.5 Å². The summed E-state index contributed by atoms with van der Waals surface area (Å²) < 4.78 is 5.62. The van der Waals surface area contributed by atoms with Gasteiger partial charge in [0.25, 0.3) is 0 Å². The Hall–Kier alpha value is -2.23. The minimum atomic E-state index is 0.187. The number of aromatic nitrogens is 1. The lowest BCUT2D eigenvalue weighted by atomic mass is 10.3. The number of hydrogen-bond donors (Lipinski definition) is 2. The maximum Gasteiger partial charge on any atom is 0.132 e. The molecule has 0 aliphatic heterocycles. The molecule has 0 fully saturated rings. The highest BCUT2D eigenvalue weighted by Crippen LogP contribution is 2.20. The van der Waals surface area contributed by atoms with Crippen LogP contribution in [0.25, 0.3) is 0 Å². The number of anilines is 3. The second kappa shape index (κ2) is 6.80. The molecule has 2 N–H and O–H groups in total. The monoisotopic (exact) mass is 271 g/mol. The molecule has 1 heterocycles. The number of hydrogen-bond acceptors (Lipinski definition) is 4. The van der Waals surface area contributed by atoms with Gasteiger partial charge in [-0.1, -0.05) is 6.07 Å². The molecule has 2 rings (SSSR count). The highest BCUT2D eigenvalue weighted by molar-refractivity contribution is 5.58. The van der Waals surface area contributed by atoms with E-state index in [-0.39, 0.29) is 6.10 Å². The molecule has 1 aromatic heterocycles. The van der Waals surface area contributed by atoms with E-state index in [9.17, 15) is 0 Å². The van der Waals surface area contributed by atoms with Gasteiger partial charge in [-0.25, -0.2) is 4.98 Å². The van der Waals surface area contributed by atoms with Gasteiger partial charge in [0.2, 0.25) is 0 Å². The third kappa shape index (κ3) is 4.16. The maximum atomic E-state index is 5.62. The first-order chi connectivity index (χ1) is 9.67. The molecule has 0 saturated carbocycles. The Morgan fingerprint density at radius 3 is 2.40 bits per heavy atom. The van der Waals surface area contributed by atoms with Gasteiger partial charge in [-0.05, 0) is 57.2 Å². The summed E-state index contributed by atoms with van der Waals surface area (Å²) in [6.45, 7) is 6.94. The number of benzene rings is 1. The van der Waals surface area contributed by atoms with Gasteiger partial charge in [0.1, 0.15) is 17.4 Å². The first-order valence-electron chi connectivity index (χ1n) is 6.92. The highest BCUT2D eigenvalue weighted by atomic mass is 16.5. The van der Waals surface area contributed by atoms with E-state index in [1.165, 1.54) is 0 Å². The Morgan fingerprint density at radius 1 is 1.05 bits per heavy atom. The molecule has 0 amide bonds. The van der Waals surface area contributed by atoms with Crippen molar-refractivity contribution in [1.82, 2.24) is 4.98 Å². The van der Waals surface area contributed by atoms with Gasteiger partial charge in [0, 0.05) is 12.2 Å². The van der Waals surface area contributed by atoms with Gasteiger partial charge < -0.3 is 15.4 Å². The van der Waals surface area contributed by atoms with Gasteiger partial charge in [-0.2, -0.15) is 0 Å². The summed E-state index contributed by atoms with van der Waals surface area (Å²) >= 11 is 0. The summed E-state index contributed by atoms with van der Waals surface area (Å²) in [6.07, 6.45) is 0.187. The maximum absolute atomic E-state index is 5.62. The Bertz CT molecular complexity index is 538. The van der Waals surface area contributed by atoms with Crippen LogP contribution >= 0.6 is 0 Å². The third-order valence-corrected chi connectivity index (χ3v) is 2.61. The van der Waals surface area contributed by atoms with E-state index in [0.29, 0.717) is 0 Å². The first kappa shape index (κ1) is 14.2. The zero-order valence-corrected chi connectivity index (χ0v) is 12.2. The van der Waals surface area contributed by atoms with Crippen LogP contribution < -0.4 is 15.4 Å². The minimum absolute atomic E-state index is 0.187. The van der Waals surface area contributed by atoms with Crippen LogP contribution in [0.2, 0.25) is 0 Å². The quantitative estimate of drug-likeness (QED) is 0.832. The molecule has 0 atom stereocenters. The SMILES string of the molecule is CCNc1cccc(Nc2ccc(OC(C)C)cc2)n1. The van der Waals surface area contributed by atoms with Crippen molar-refractivity contribution in [1.29, 1.82) is 0 Å². The van der Waals surface area contributed by atoms with E-state index < -0.39 is 0 Å². The van der Waals surface area contributed by atoms with E-state index in [1.807, 2.05) is 56.3 Å². The Morgan fingerprint density at radius 2 is 1.75 bits per heavy atom. The van der Waals surface area contributed by atoms with E-state index in [4.69, 9.17) is 4.74 Å². The van der Waals surface area contributed by atoms with Crippen LogP contribution in [0.3, 0.4) is 0 Å². The van der Waals surface area contributed by atoms with Crippen LogP contribution in [0, 0.1) is 0 Å². The molecule has 0 radical (unpaired) electrons. The number of nitrogens with one attached hydrogen (secondary N) is 2. The Labute approximate surface area is 120 Å². The number of nitrogens with zero attached hydrogens (tertiary/aromatic N) is 1. The van der Waals surface area contributed by atoms with Gasteiger partial charge in [-0.3, -0.25) is 0 Å². The van der Waals surface area contributed by atoms with Crippen molar-refractivity contribution in [3.8, 4) is 5.75 Å². The fourth-order valence-electron chi connectivity index (χ4n) is 1.82. The van der Waals surface area contributed by atoms with Crippen molar-refractivity contribution in [2.75, 3.05) is 17.2 Å². The van der Waals surface area contributed by atoms with Crippen molar-refractivity contribution < 1.29 is 4.74 Å². The van der Waals surface area contributed by atoms with Crippen LogP contribution in [-0.4, -0.2) is 17.6 Å². The second-order valence-corrected chi connectivity index (χ2v) is 4.75. The topological polar surface area (TPSA) is 46.2 Å². The normalized spacial score (nSPS) is 10.4. The molecule has 0 saturated heterocycles. The lowest BCUT2D eigenvalue weighted by molar-refractivity contribution is 0.242. The summed E-state index contributed by atoms with van der Waals surface area (Å²) in [4.78, 5) is 4.48. The molecule has 0 spiro atoms. The van der Waals surface area contributed by atoms with Crippen LogP contribution in [0.1, 0.15) is 20.8 Å². The van der Waals surface area contributed by atoms with Crippen molar-refractivity contribution >= 4 is 17.3 Å². The molecule has 20 heavy (non-hydrogen) atoms. The van der Waals surface area contributed by atoms with Gasteiger partial charge in [0.05, 0.1) is 6.10 Å². The fraction of sp³-hybridized carbons (Fsp3) is 0.312. The smallest absolute Gasteiger partial charge is 0.132 e. The van der Waals surface area contributed by atoms with Crippen LogP contribution in [0.5, 0.6) is 5.75 Å². The molecule has 0 aliphatic rings. The van der Waals surface area contributed by atoms with Crippen molar-refractivity contribution in [2.24, 2.45) is 0 Å². The minimum Gasteiger partial charge on any atom is -0.491 e. The van der Waals surface area contributed by atoms with Crippen molar-refractivity contribution in [2.45, 2.75) is 26.9 Å². The zero-order chi connectivity index (χ0) is 14.4. The molecule has 0 aliphatic carbocycles. The lowest BCUT2D eigenvalue weighted by Gasteiger charge is -2.11. The van der Waals surface area contributed by atoms with Crippen LogP contribution in [-0.2, 0) is 0 Å². The molecule has 4 heteroatoms. The summed E-state index contributed by atoms with van der Waals surface area (Å²) in [5.74, 6) is 2.57. The predicted octanol–water partition coefficient (Wildman–Crippen LogP) is 4.04. The second-order valence-electron chi connectivity index (χ2n) is 4.75. The molecule has 2 aromatic rings. The Kier molecular flexibility index (Phi) is 4.82. The fourth-order valence-corrected chi connectivity index (χ4v) is 1.82. The van der Waals surface area contributed by atoms with Crippen molar-refractivity contribution in [3.63, 3.8) is 0 Å². The van der Waals surface area contributed by atoms with Gasteiger partial charge in [0.15, 0.2) is 0 Å². The largest absolute Gasteiger partial charge is 0.491 e. The molecular weight excluding hydrogens is 250 g/mol. The standard InChI is InChI=1S/C16H21N3O/c1-4-17-15-6-5-7-16(19-15)18-13-8-10-14(11-9-13)20-12(2)3/h5-12H,4H2,1-3H3,(H2,17,18,19). The highest BCUT2D eigenvalue weighted by Gasteiger charge is 2.00. The van der Waals surface area contributed by atoms with Gasteiger partial charge >= 0.3 is 0 Å². The molecule has 106 valence electrons. The van der Waals surface area contributed by atoms with E-state index >= 15 is 0 Å². The molecule has 0 unspecified atom stereocenters. The van der Waals surface area contributed by atoms with Gasteiger partial charge in [-0.15, -0.1) is 0 Å². The van der Waals surface area contributed by atoms with Crippen LogP contribution in [0.15, 0.2) is 42.5 Å². The number of rotatable bonds is 6. The average molecular weight is 271 g/mol. The summed E-state index contributed by atoms with van der Waals surface area (Å²) in [7, 11) is 0.